The number of halogens is 5. The van der Waals surface area contributed by atoms with Crippen LogP contribution in [0.1, 0.15) is 39.1 Å². The van der Waals surface area contributed by atoms with Crippen molar-refractivity contribution >= 4 is 23.1 Å². The van der Waals surface area contributed by atoms with E-state index in [1.54, 1.807) is 6.07 Å². The Balaban J connectivity index is 1.25. The Kier molecular flexibility index (Phi) is 8.22. The summed E-state index contributed by atoms with van der Waals surface area (Å²) in [5, 5.41) is 6.87. The van der Waals surface area contributed by atoms with Gasteiger partial charge in [0.2, 0.25) is 5.88 Å². The predicted molar refractivity (Wildman–Crippen MR) is 155 cm³/mol. The number of nitrogens with one attached hydrogen (secondary N) is 1. The van der Waals surface area contributed by atoms with Crippen LogP contribution in [0.5, 0.6) is 5.88 Å². The van der Waals surface area contributed by atoms with Crippen LogP contribution < -0.4 is 15.8 Å². The van der Waals surface area contributed by atoms with E-state index in [1.165, 1.54) is 30.2 Å². The van der Waals surface area contributed by atoms with Crippen LogP contribution >= 0.6 is 0 Å². The third kappa shape index (κ3) is 6.03. The normalized spacial score (nSPS) is 19.8. The molecule has 4 aromatic rings. The fourth-order valence-electron chi connectivity index (χ4n) is 5.81. The van der Waals surface area contributed by atoms with Gasteiger partial charge in [0.15, 0.2) is 5.82 Å². The fraction of sp³-hybridized carbons (Fsp3) is 0.367. The van der Waals surface area contributed by atoms with Crippen LogP contribution in [0.3, 0.4) is 0 Å². The van der Waals surface area contributed by atoms with Crippen molar-refractivity contribution < 1.29 is 36.3 Å². The quantitative estimate of drug-likeness (QED) is 0.293. The molecule has 0 bridgehead atoms. The number of piperidine rings is 1. The van der Waals surface area contributed by atoms with E-state index in [0.29, 0.717) is 28.9 Å². The summed E-state index contributed by atoms with van der Waals surface area (Å²) in [6, 6.07) is 4.49. The first-order valence-corrected chi connectivity index (χ1v) is 14.4. The molecule has 2 saturated heterocycles. The van der Waals surface area contributed by atoms with Gasteiger partial charge in [-0.1, -0.05) is 0 Å². The second-order valence-corrected chi connectivity index (χ2v) is 11.3. The highest BCUT2D eigenvalue weighted by Gasteiger charge is 2.38. The fourth-order valence-corrected chi connectivity index (χ4v) is 5.81. The van der Waals surface area contributed by atoms with Crippen LogP contribution in [0.15, 0.2) is 42.9 Å². The van der Waals surface area contributed by atoms with E-state index in [4.69, 9.17) is 10.5 Å². The maximum atomic E-state index is 15.0. The Bertz CT molecular complexity index is 1810. The molecule has 2 aliphatic heterocycles. The lowest BCUT2D eigenvalue weighted by molar-refractivity contribution is -0.0565. The van der Waals surface area contributed by atoms with Gasteiger partial charge < -0.3 is 20.7 Å². The Morgan fingerprint density at radius 2 is 1.85 bits per heavy atom. The van der Waals surface area contributed by atoms with Crippen LogP contribution in [0.4, 0.5) is 27.8 Å². The number of benzene rings is 1. The maximum Gasteiger partial charge on any atom is 0.257 e. The van der Waals surface area contributed by atoms with E-state index < -0.39 is 53.7 Å². The van der Waals surface area contributed by atoms with Gasteiger partial charge in [0.05, 0.1) is 31.0 Å². The highest BCUT2D eigenvalue weighted by molar-refractivity contribution is 5.98. The SMILES string of the molecule is COc1ncc(-c2cc(CN3CCC(F)(F)CC3)c3c(N)ncnn23)cc1C(=O)N[C@@H]1CN(C(=O)c2cc(F)ccc2F)C[C@@H]1F. The number of carbonyl (C=O) groups is 2. The number of hydrogen-bond acceptors (Lipinski definition) is 8. The number of aromatic nitrogens is 4. The van der Waals surface area contributed by atoms with Crippen LogP contribution in [-0.4, -0.2) is 92.6 Å². The number of pyridine rings is 1. The zero-order valence-corrected chi connectivity index (χ0v) is 24.5. The van der Waals surface area contributed by atoms with Crippen molar-refractivity contribution in [3.63, 3.8) is 0 Å². The largest absolute Gasteiger partial charge is 0.480 e. The molecule has 0 saturated carbocycles. The molecule has 11 nitrogen and oxygen atoms in total. The number of methoxy groups -OCH3 is 1. The summed E-state index contributed by atoms with van der Waals surface area (Å²) in [6.07, 6.45) is 0.492. The molecule has 0 unspecified atom stereocenters. The summed E-state index contributed by atoms with van der Waals surface area (Å²) in [5.74, 6) is -6.03. The molecule has 2 atom stereocenters. The molecule has 5 heterocycles. The number of amides is 2. The number of alkyl halides is 3. The van der Waals surface area contributed by atoms with Crippen molar-refractivity contribution in [3.8, 4) is 17.1 Å². The lowest BCUT2D eigenvalue weighted by atomic mass is 10.1. The first-order chi connectivity index (χ1) is 21.9. The van der Waals surface area contributed by atoms with Crippen molar-refractivity contribution in [3.05, 3.63) is 71.2 Å². The van der Waals surface area contributed by atoms with Crippen molar-refractivity contribution in [2.75, 3.05) is 39.0 Å². The van der Waals surface area contributed by atoms with E-state index in [0.717, 1.165) is 23.1 Å². The van der Waals surface area contributed by atoms with E-state index >= 15 is 4.39 Å². The molecule has 0 aliphatic carbocycles. The summed E-state index contributed by atoms with van der Waals surface area (Å²) in [4.78, 5) is 37.5. The van der Waals surface area contributed by atoms with E-state index in [1.807, 2.05) is 4.90 Å². The van der Waals surface area contributed by atoms with E-state index in [9.17, 15) is 27.2 Å². The number of rotatable bonds is 7. The van der Waals surface area contributed by atoms with Gasteiger partial charge in [0.25, 0.3) is 17.7 Å². The molecule has 0 spiro atoms. The molecular formula is C30H29F5N8O3. The maximum absolute atomic E-state index is 15.0. The van der Waals surface area contributed by atoms with Gasteiger partial charge in [-0.25, -0.2) is 36.4 Å². The first kappa shape index (κ1) is 31.1. The Hall–Kier alpha value is -4.86. The third-order valence-electron chi connectivity index (χ3n) is 8.24. The molecule has 3 N–H and O–H groups in total. The minimum atomic E-state index is -2.70. The highest BCUT2D eigenvalue weighted by Crippen LogP contribution is 2.33. The highest BCUT2D eigenvalue weighted by atomic mass is 19.3. The zero-order chi connectivity index (χ0) is 32.7. The van der Waals surface area contributed by atoms with E-state index in [2.05, 4.69) is 20.4 Å². The summed E-state index contributed by atoms with van der Waals surface area (Å²) < 4.78 is 77.2. The summed E-state index contributed by atoms with van der Waals surface area (Å²) in [7, 11) is 1.31. The standard InChI is InChI=1S/C30H29F5N8O3/c1-46-28-20(27(44)40-23-14-42(13-22(23)33)29(45)19-10-18(31)2-3-21(19)32)8-16(11-37-28)24-9-17(25-26(36)38-15-39-43(24)25)12-41-6-4-30(34,35)5-7-41/h2-3,8-11,15,22-23H,4-7,12-14H2,1H3,(H,40,44)(H2,36,38,39)/t22-,23+/m0/s1. The predicted octanol–water partition coefficient (Wildman–Crippen LogP) is 3.48. The van der Waals surface area contributed by atoms with Gasteiger partial charge in [-0.05, 0) is 35.9 Å². The van der Waals surface area contributed by atoms with Gasteiger partial charge in [0.1, 0.15) is 35.2 Å². The molecule has 1 aromatic carbocycles. The van der Waals surface area contributed by atoms with Crippen molar-refractivity contribution in [2.45, 2.75) is 37.5 Å². The first-order valence-electron chi connectivity index (χ1n) is 14.4. The third-order valence-corrected chi connectivity index (χ3v) is 8.24. The molecule has 2 fully saturated rings. The van der Waals surface area contributed by atoms with Crippen LogP contribution in [-0.2, 0) is 6.54 Å². The van der Waals surface area contributed by atoms with Gasteiger partial charge >= 0.3 is 0 Å². The Morgan fingerprint density at radius 3 is 2.59 bits per heavy atom. The molecule has 2 amide bonds. The lowest BCUT2D eigenvalue weighted by Gasteiger charge is -2.31. The van der Waals surface area contributed by atoms with E-state index in [-0.39, 0.29) is 49.7 Å². The van der Waals surface area contributed by atoms with Crippen molar-refractivity contribution in [2.24, 2.45) is 0 Å². The lowest BCUT2D eigenvalue weighted by Crippen LogP contribution is -2.42. The summed E-state index contributed by atoms with van der Waals surface area (Å²) >= 11 is 0. The molecule has 6 rings (SSSR count). The zero-order valence-electron chi connectivity index (χ0n) is 24.5. The molecule has 46 heavy (non-hydrogen) atoms. The smallest absolute Gasteiger partial charge is 0.257 e. The number of nitrogens with zero attached hydrogens (tertiary/aromatic N) is 6. The summed E-state index contributed by atoms with van der Waals surface area (Å²) in [5.41, 5.74) is 7.65. The van der Waals surface area contributed by atoms with Crippen molar-refractivity contribution in [1.82, 2.24) is 34.7 Å². The number of ether oxygens (including phenoxy) is 1. The van der Waals surface area contributed by atoms with Gasteiger partial charge in [-0.3, -0.25) is 14.5 Å². The number of anilines is 1. The summed E-state index contributed by atoms with van der Waals surface area (Å²) in [6.45, 7) is -0.0358. The molecule has 3 aromatic heterocycles. The molecule has 242 valence electrons. The van der Waals surface area contributed by atoms with Gasteiger partial charge in [0, 0.05) is 50.8 Å². The van der Waals surface area contributed by atoms with Crippen LogP contribution in [0.25, 0.3) is 16.8 Å². The topological polar surface area (TPSA) is 131 Å². The number of carbonyl (C=O) groups excluding carboxylic acids is 2. The molecule has 16 heteroatoms. The number of nitrogens with two attached hydrogens (primary N) is 1. The van der Waals surface area contributed by atoms with Crippen LogP contribution in [0, 0.1) is 11.6 Å². The average Bonchev–Trinajstić information content (AvgIpc) is 3.59. The Labute approximate surface area is 259 Å². The van der Waals surface area contributed by atoms with Crippen molar-refractivity contribution in [1.29, 1.82) is 0 Å². The molecule has 2 aliphatic rings. The number of nitrogen functional groups attached to an aromatic ring is 1. The number of fused-ring (bicyclic) bond motifs is 1. The number of likely N-dealkylation sites (tertiary alicyclic amines) is 2. The second kappa shape index (κ2) is 12.2. The molecular weight excluding hydrogens is 615 g/mol. The van der Waals surface area contributed by atoms with Gasteiger partial charge in [-0.2, -0.15) is 5.10 Å². The average molecular weight is 645 g/mol. The molecule has 0 radical (unpaired) electrons. The van der Waals surface area contributed by atoms with Gasteiger partial charge in [-0.15, -0.1) is 0 Å². The number of hydrogen-bond donors (Lipinski definition) is 2. The monoisotopic (exact) mass is 644 g/mol. The Morgan fingerprint density at radius 1 is 1.09 bits per heavy atom. The second-order valence-electron chi connectivity index (χ2n) is 11.3. The minimum Gasteiger partial charge on any atom is -0.480 e. The van der Waals surface area contributed by atoms with Crippen LogP contribution in [0.2, 0.25) is 0 Å². The minimum absolute atomic E-state index is 0.0510.